The fourth-order valence-corrected chi connectivity index (χ4v) is 2.30. The lowest BCUT2D eigenvalue weighted by Gasteiger charge is -2.17. The lowest BCUT2D eigenvalue weighted by Crippen LogP contribution is -2.14. The zero-order valence-corrected chi connectivity index (χ0v) is 12.7. The van der Waals surface area contributed by atoms with Crippen molar-refractivity contribution in [2.45, 2.75) is 11.8 Å². The summed E-state index contributed by atoms with van der Waals surface area (Å²) in [5, 5.41) is 2.91. The zero-order valence-electron chi connectivity index (χ0n) is 11.8. The molecule has 0 bridgehead atoms. The van der Waals surface area contributed by atoms with E-state index in [0.29, 0.717) is 10.5 Å². The van der Waals surface area contributed by atoms with Crippen molar-refractivity contribution in [3.63, 3.8) is 0 Å². The number of benzene rings is 2. The first-order valence-corrected chi connectivity index (χ1v) is 6.81. The molecule has 1 N–H and O–H groups in total. The van der Waals surface area contributed by atoms with Gasteiger partial charge in [-0.05, 0) is 36.8 Å². The Bertz CT molecular complexity index is 638. The van der Waals surface area contributed by atoms with Gasteiger partial charge in [0, 0.05) is 30.4 Å². The summed E-state index contributed by atoms with van der Waals surface area (Å²) >= 11 is 4.30. The van der Waals surface area contributed by atoms with Gasteiger partial charge in [-0.3, -0.25) is 4.79 Å². The Hall–Kier alpha value is -1.94. The van der Waals surface area contributed by atoms with Crippen LogP contribution in [-0.4, -0.2) is 20.0 Å². The van der Waals surface area contributed by atoms with Gasteiger partial charge in [0.15, 0.2) is 0 Å². The number of carbonyl (C=O) groups is 1. The Balaban J connectivity index is 2.25. The van der Waals surface area contributed by atoms with Crippen molar-refractivity contribution >= 4 is 29.9 Å². The molecule has 2 aromatic rings. The van der Waals surface area contributed by atoms with Gasteiger partial charge in [0.25, 0.3) is 5.91 Å². The highest BCUT2D eigenvalue weighted by molar-refractivity contribution is 7.80. The third-order valence-corrected chi connectivity index (χ3v) is 3.49. The smallest absolute Gasteiger partial charge is 0.256 e. The van der Waals surface area contributed by atoms with Crippen molar-refractivity contribution in [2.24, 2.45) is 0 Å². The maximum atomic E-state index is 12.2. The highest BCUT2D eigenvalue weighted by Crippen LogP contribution is 2.23. The van der Waals surface area contributed by atoms with Crippen molar-refractivity contribution in [3.8, 4) is 0 Å². The molecule has 0 atom stereocenters. The fraction of sp³-hybridized carbons (Fsp3) is 0.188. The summed E-state index contributed by atoms with van der Waals surface area (Å²) < 4.78 is 0. The topological polar surface area (TPSA) is 32.3 Å². The average Bonchev–Trinajstić information content (AvgIpc) is 2.41. The number of aryl methyl sites for hydroxylation is 1. The largest absolute Gasteiger partial charge is 0.377 e. The minimum atomic E-state index is -0.149. The van der Waals surface area contributed by atoms with Gasteiger partial charge < -0.3 is 10.2 Å². The summed E-state index contributed by atoms with van der Waals surface area (Å²) in [5.41, 5.74) is 3.60. The Morgan fingerprint density at radius 1 is 1.15 bits per heavy atom. The van der Waals surface area contributed by atoms with E-state index in [1.54, 1.807) is 12.1 Å². The Morgan fingerprint density at radius 3 is 2.50 bits per heavy atom. The van der Waals surface area contributed by atoms with Gasteiger partial charge >= 0.3 is 0 Å². The molecule has 0 aromatic heterocycles. The molecule has 0 saturated carbocycles. The molecule has 1 amide bonds. The van der Waals surface area contributed by atoms with Crippen molar-refractivity contribution in [3.05, 3.63) is 53.6 Å². The molecule has 0 fully saturated rings. The molecule has 20 heavy (non-hydrogen) atoms. The maximum absolute atomic E-state index is 12.2. The van der Waals surface area contributed by atoms with Gasteiger partial charge in [-0.1, -0.05) is 18.2 Å². The number of anilines is 2. The minimum Gasteiger partial charge on any atom is -0.377 e. The third-order valence-electron chi connectivity index (χ3n) is 3.10. The summed E-state index contributed by atoms with van der Waals surface area (Å²) in [6.45, 7) is 2.05. The van der Waals surface area contributed by atoms with Crippen LogP contribution in [0.15, 0.2) is 47.4 Å². The second kappa shape index (κ2) is 6.01. The molecule has 2 aromatic carbocycles. The third kappa shape index (κ3) is 3.14. The van der Waals surface area contributed by atoms with E-state index in [-0.39, 0.29) is 5.91 Å². The Kier molecular flexibility index (Phi) is 4.35. The summed E-state index contributed by atoms with van der Waals surface area (Å²) in [5.74, 6) is -0.149. The zero-order chi connectivity index (χ0) is 14.7. The van der Waals surface area contributed by atoms with E-state index in [1.807, 2.05) is 56.3 Å². The molecule has 0 unspecified atom stereocenters. The van der Waals surface area contributed by atoms with Gasteiger partial charge in [0.1, 0.15) is 0 Å². The highest BCUT2D eigenvalue weighted by atomic mass is 32.1. The number of rotatable bonds is 3. The van der Waals surface area contributed by atoms with Gasteiger partial charge in [0.2, 0.25) is 0 Å². The Morgan fingerprint density at radius 2 is 1.85 bits per heavy atom. The molecule has 2 rings (SSSR count). The average molecular weight is 286 g/mol. The van der Waals surface area contributed by atoms with Crippen molar-refractivity contribution < 1.29 is 4.79 Å². The molecule has 3 nitrogen and oxygen atoms in total. The van der Waals surface area contributed by atoms with Crippen LogP contribution in [0.4, 0.5) is 11.4 Å². The summed E-state index contributed by atoms with van der Waals surface area (Å²) in [4.78, 5) is 14.9. The normalized spacial score (nSPS) is 10.2. The molecule has 104 valence electrons. The van der Waals surface area contributed by atoms with E-state index in [4.69, 9.17) is 0 Å². The molecular formula is C16H18N2OS. The Labute approximate surface area is 125 Å². The monoisotopic (exact) mass is 286 g/mol. The first kappa shape index (κ1) is 14.5. The number of hydrogen-bond donors (Lipinski definition) is 2. The van der Waals surface area contributed by atoms with E-state index >= 15 is 0 Å². The van der Waals surface area contributed by atoms with Crippen molar-refractivity contribution in [1.29, 1.82) is 0 Å². The summed E-state index contributed by atoms with van der Waals surface area (Å²) in [7, 11) is 3.97. The van der Waals surface area contributed by atoms with Crippen LogP contribution in [0.25, 0.3) is 0 Å². The first-order valence-electron chi connectivity index (χ1n) is 6.36. The molecule has 0 aliphatic heterocycles. The van der Waals surface area contributed by atoms with Crippen LogP contribution < -0.4 is 10.2 Å². The SMILES string of the molecule is Cc1ccc(NC(=O)c2ccccc2S)cc1N(C)C. The van der Waals surface area contributed by atoms with Gasteiger partial charge in [-0.15, -0.1) is 12.6 Å². The molecule has 0 heterocycles. The van der Waals surface area contributed by atoms with Crippen LogP contribution in [0.5, 0.6) is 0 Å². The number of hydrogen-bond acceptors (Lipinski definition) is 3. The fourth-order valence-electron chi connectivity index (χ4n) is 2.03. The van der Waals surface area contributed by atoms with Crippen LogP contribution in [-0.2, 0) is 0 Å². The van der Waals surface area contributed by atoms with Gasteiger partial charge in [0.05, 0.1) is 5.56 Å². The summed E-state index contributed by atoms with van der Waals surface area (Å²) in [6, 6.07) is 13.1. The number of nitrogens with one attached hydrogen (secondary N) is 1. The van der Waals surface area contributed by atoms with E-state index in [2.05, 4.69) is 17.9 Å². The van der Waals surface area contributed by atoms with Crippen LogP contribution in [0.1, 0.15) is 15.9 Å². The van der Waals surface area contributed by atoms with E-state index in [9.17, 15) is 4.79 Å². The maximum Gasteiger partial charge on any atom is 0.256 e. The first-order chi connectivity index (χ1) is 9.49. The molecule has 0 aliphatic carbocycles. The standard InChI is InChI=1S/C16H18N2OS/c1-11-8-9-12(10-14(11)18(2)3)17-16(19)13-6-4-5-7-15(13)20/h4-10,20H,1-3H3,(H,17,19). The minimum absolute atomic E-state index is 0.149. The predicted molar refractivity (Wildman–Crippen MR) is 87.2 cm³/mol. The number of amides is 1. The molecule has 0 radical (unpaired) electrons. The number of carbonyl (C=O) groups excluding carboxylic acids is 1. The molecule has 0 aliphatic rings. The molecule has 4 heteroatoms. The number of thiol groups is 1. The van der Waals surface area contributed by atoms with Crippen molar-refractivity contribution in [1.82, 2.24) is 0 Å². The van der Waals surface area contributed by atoms with E-state index in [0.717, 1.165) is 11.4 Å². The van der Waals surface area contributed by atoms with Gasteiger partial charge in [-0.25, -0.2) is 0 Å². The van der Waals surface area contributed by atoms with Crippen LogP contribution in [0.3, 0.4) is 0 Å². The van der Waals surface area contributed by atoms with Crippen LogP contribution in [0.2, 0.25) is 0 Å². The molecule has 0 spiro atoms. The predicted octanol–water partition coefficient (Wildman–Crippen LogP) is 3.60. The summed E-state index contributed by atoms with van der Waals surface area (Å²) in [6.07, 6.45) is 0. The second-order valence-electron chi connectivity index (χ2n) is 4.87. The molecular weight excluding hydrogens is 268 g/mol. The van der Waals surface area contributed by atoms with Crippen LogP contribution in [0, 0.1) is 6.92 Å². The van der Waals surface area contributed by atoms with Crippen molar-refractivity contribution in [2.75, 3.05) is 24.3 Å². The van der Waals surface area contributed by atoms with E-state index in [1.165, 1.54) is 5.56 Å². The van der Waals surface area contributed by atoms with E-state index < -0.39 is 0 Å². The number of nitrogens with zero attached hydrogens (tertiary/aromatic N) is 1. The van der Waals surface area contributed by atoms with Crippen LogP contribution >= 0.6 is 12.6 Å². The lowest BCUT2D eigenvalue weighted by atomic mass is 10.1. The lowest BCUT2D eigenvalue weighted by molar-refractivity contribution is 0.102. The second-order valence-corrected chi connectivity index (χ2v) is 5.35. The van der Waals surface area contributed by atoms with Gasteiger partial charge in [-0.2, -0.15) is 0 Å². The highest BCUT2D eigenvalue weighted by Gasteiger charge is 2.10. The molecule has 0 saturated heterocycles. The quantitative estimate of drug-likeness (QED) is 0.845.